The first kappa shape index (κ1) is 17.4. The number of urea groups is 1. The van der Waals surface area contributed by atoms with Gasteiger partial charge in [-0.3, -0.25) is 0 Å². The first-order valence-electron chi connectivity index (χ1n) is 8.67. The van der Waals surface area contributed by atoms with Crippen molar-refractivity contribution in [2.75, 3.05) is 18.5 Å². The number of hydrogen-bond donors (Lipinski definition) is 3. The summed E-state index contributed by atoms with van der Waals surface area (Å²) >= 11 is 0. The number of hydrogen-bond acceptors (Lipinski definition) is 5. The van der Waals surface area contributed by atoms with Crippen LogP contribution in [0.4, 0.5) is 10.5 Å². The lowest BCUT2D eigenvalue weighted by atomic mass is 10.1. The molecule has 2 amide bonds. The Morgan fingerprint density at radius 3 is 2.96 bits per heavy atom. The molecule has 7 heteroatoms. The lowest BCUT2D eigenvalue weighted by Gasteiger charge is -2.13. The van der Waals surface area contributed by atoms with Crippen LogP contribution in [0.15, 0.2) is 22.7 Å². The molecule has 1 saturated carbocycles. The molecular weight excluding hydrogens is 320 g/mol. The highest BCUT2D eigenvalue weighted by atomic mass is 16.5. The number of carbonyl (C=O) groups is 1. The Morgan fingerprint density at radius 1 is 1.44 bits per heavy atom. The second kappa shape index (κ2) is 7.65. The summed E-state index contributed by atoms with van der Waals surface area (Å²) in [4.78, 5) is 16.6. The van der Waals surface area contributed by atoms with Gasteiger partial charge < -0.3 is 20.3 Å². The Labute approximate surface area is 146 Å². The topological polar surface area (TPSA) is 100 Å². The fourth-order valence-electron chi connectivity index (χ4n) is 2.55. The highest BCUT2D eigenvalue weighted by Gasteiger charge is 2.29. The summed E-state index contributed by atoms with van der Waals surface area (Å²) < 4.78 is 5.40. The van der Waals surface area contributed by atoms with E-state index in [1.54, 1.807) is 0 Å². The van der Waals surface area contributed by atoms with Crippen molar-refractivity contribution in [3.8, 4) is 11.5 Å². The molecule has 7 nitrogen and oxygen atoms in total. The molecule has 1 aromatic heterocycles. The summed E-state index contributed by atoms with van der Waals surface area (Å²) in [6.07, 6.45) is 2.86. The van der Waals surface area contributed by atoms with Gasteiger partial charge in [0.2, 0.25) is 0 Å². The normalized spacial score (nSPS) is 15.0. The quantitative estimate of drug-likeness (QED) is 0.717. The number of aliphatic hydroxyl groups is 1. The molecule has 0 saturated heterocycles. The summed E-state index contributed by atoms with van der Waals surface area (Å²) in [6.45, 7) is 4.57. The summed E-state index contributed by atoms with van der Waals surface area (Å²) in [6, 6.07) is 5.39. The lowest BCUT2D eigenvalue weighted by molar-refractivity contribution is 0.243. The van der Waals surface area contributed by atoms with E-state index in [0.29, 0.717) is 30.5 Å². The number of aryl methyl sites for hydroxylation is 1. The van der Waals surface area contributed by atoms with Gasteiger partial charge in [-0.1, -0.05) is 23.7 Å². The predicted octanol–water partition coefficient (Wildman–Crippen LogP) is 3.06. The van der Waals surface area contributed by atoms with E-state index in [0.717, 1.165) is 29.8 Å². The molecule has 1 atom stereocenters. The van der Waals surface area contributed by atoms with E-state index >= 15 is 0 Å². The third-order valence-electron chi connectivity index (χ3n) is 4.27. The van der Waals surface area contributed by atoms with Crippen LogP contribution in [0.5, 0.6) is 0 Å². The molecule has 0 aliphatic heterocycles. The Kier molecular flexibility index (Phi) is 5.33. The highest BCUT2D eigenvalue weighted by molar-refractivity contribution is 5.93. The number of carbonyl (C=O) groups excluding carboxylic acids is 1. The molecule has 3 N–H and O–H groups in total. The molecule has 134 valence electrons. The van der Waals surface area contributed by atoms with Crippen LogP contribution in [0, 0.1) is 12.8 Å². The number of amides is 2. The summed E-state index contributed by atoms with van der Waals surface area (Å²) in [5.74, 6) is 1.79. The van der Waals surface area contributed by atoms with Crippen molar-refractivity contribution in [3.05, 3.63) is 29.6 Å². The number of benzene rings is 1. The van der Waals surface area contributed by atoms with Gasteiger partial charge in [-0.15, -0.1) is 0 Å². The zero-order chi connectivity index (χ0) is 17.8. The fraction of sp³-hybridized carbons (Fsp3) is 0.500. The molecule has 1 aliphatic carbocycles. The predicted molar refractivity (Wildman–Crippen MR) is 94.3 cm³/mol. The summed E-state index contributed by atoms with van der Waals surface area (Å²) in [7, 11) is 0. The van der Waals surface area contributed by atoms with Gasteiger partial charge >= 0.3 is 6.03 Å². The fourth-order valence-corrected chi connectivity index (χ4v) is 2.55. The molecule has 1 fully saturated rings. The molecule has 0 bridgehead atoms. The average molecular weight is 344 g/mol. The maximum Gasteiger partial charge on any atom is 0.319 e. The smallest absolute Gasteiger partial charge is 0.319 e. The maximum absolute atomic E-state index is 12.2. The molecule has 0 spiro atoms. The van der Waals surface area contributed by atoms with Crippen LogP contribution in [-0.4, -0.2) is 34.4 Å². The number of nitrogens with zero attached hydrogens (tertiary/aromatic N) is 2. The molecular formula is C18H24N4O3. The SMILES string of the molecule is Cc1ccc(NC(=O)NCC(C)CCO)c(-c2nc(C3CC3)no2)c1. The molecule has 0 radical (unpaired) electrons. The minimum atomic E-state index is -0.295. The van der Waals surface area contributed by atoms with Crippen molar-refractivity contribution in [3.63, 3.8) is 0 Å². The van der Waals surface area contributed by atoms with Gasteiger partial charge in [0, 0.05) is 19.1 Å². The monoisotopic (exact) mass is 344 g/mol. The van der Waals surface area contributed by atoms with Crippen molar-refractivity contribution in [1.29, 1.82) is 0 Å². The zero-order valence-corrected chi connectivity index (χ0v) is 14.6. The summed E-state index contributed by atoms with van der Waals surface area (Å²) in [5.41, 5.74) is 2.39. The molecule has 1 heterocycles. The number of aromatic nitrogens is 2. The molecule has 2 aromatic rings. The highest BCUT2D eigenvalue weighted by Crippen LogP contribution is 2.39. The Balaban J connectivity index is 1.71. The maximum atomic E-state index is 12.2. The van der Waals surface area contributed by atoms with E-state index in [2.05, 4.69) is 20.8 Å². The van der Waals surface area contributed by atoms with Crippen LogP contribution in [-0.2, 0) is 0 Å². The van der Waals surface area contributed by atoms with E-state index in [1.807, 2.05) is 32.0 Å². The molecule has 1 unspecified atom stereocenters. The average Bonchev–Trinajstić information content (AvgIpc) is 3.32. The first-order chi connectivity index (χ1) is 12.1. The van der Waals surface area contributed by atoms with Crippen LogP contribution >= 0.6 is 0 Å². The van der Waals surface area contributed by atoms with Crippen molar-refractivity contribution < 1.29 is 14.4 Å². The number of anilines is 1. The van der Waals surface area contributed by atoms with Gasteiger partial charge in [0.25, 0.3) is 5.89 Å². The van der Waals surface area contributed by atoms with Crippen LogP contribution in [0.2, 0.25) is 0 Å². The van der Waals surface area contributed by atoms with Crippen molar-refractivity contribution >= 4 is 11.7 Å². The Bertz CT molecular complexity index is 740. The first-order valence-corrected chi connectivity index (χ1v) is 8.67. The van der Waals surface area contributed by atoms with E-state index in [-0.39, 0.29) is 18.6 Å². The number of aliphatic hydroxyl groups excluding tert-OH is 1. The van der Waals surface area contributed by atoms with E-state index in [1.165, 1.54) is 0 Å². The van der Waals surface area contributed by atoms with Gasteiger partial charge in [0.15, 0.2) is 5.82 Å². The minimum Gasteiger partial charge on any atom is -0.396 e. The van der Waals surface area contributed by atoms with Crippen molar-refractivity contribution in [2.45, 2.75) is 39.0 Å². The molecule has 3 rings (SSSR count). The largest absolute Gasteiger partial charge is 0.396 e. The number of nitrogens with one attached hydrogen (secondary N) is 2. The minimum absolute atomic E-state index is 0.118. The third kappa shape index (κ3) is 4.57. The van der Waals surface area contributed by atoms with Gasteiger partial charge in [0.05, 0.1) is 11.3 Å². The Hall–Kier alpha value is -2.41. The molecule has 1 aliphatic rings. The molecule has 25 heavy (non-hydrogen) atoms. The third-order valence-corrected chi connectivity index (χ3v) is 4.27. The van der Waals surface area contributed by atoms with Crippen molar-refractivity contribution in [1.82, 2.24) is 15.5 Å². The van der Waals surface area contributed by atoms with Gasteiger partial charge in [-0.2, -0.15) is 4.98 Å². The molecule has 1 aromatic carbocycles. The summed E-state index contributed by atoms with van der Waals surface area (Å²) in [5, 5.41) is 18.6. The second-order valence-corrected chi connectivity index (χ2v) is 6.73. The lowest BCUT2D eigenvalue weighted by Crippen LogP contribution is -2.32. The zero-order valence-electron chi connectivity index (χ0n) is 14.6. The van der Waals surface area contributed by atoms with E-state index in [9.17, 15) is 4.79 Å². The van der Waals surface area contributed by atoms with Gasteiger partial charge in [-0.25, -0.2) is 4.79 Å². The standard InChI is InChI=1S/C18H24N4O3/c1-11-3-6-15(20-18(24)19-10-12(2)7-8-23)14(9-11)17-21-16(22-25-17)13-4-5-13/h3,6,9,12-13,23H,4-5,7-8,10H2,1-2H3,(H2,19,20,24). The number of rotatable bonds is 7. The van der Waals surface area contributed by atoms with Gasteiger partial charge in [0.1, 0.15) is 0 Å². The van der Waals surface area contributed by atoms with Crippen LogP contribution in [0.1, 0.15) is 43.5 Å². The second-order valence-electron chi connectivity index (χ2n) is 6.73. The van der Waals surface area contributed by atoms with Gasteiger partial charge in [-0.05, 0) is 44.2 Å². The Morgan fingerprint density at radius 2 is 2.24 bits per heavy atom. The van der Waals surface area contributed by atoms with Crippen LogP contribution in [0.3, 0.4) is 0 Å². The van der Waals surface area contributed by atoms with Crippen LogP contribution in [0.25, 0.3) is 11.5 Å². The van der Waals surface area contributed by atoms with E-state index in [4.69, 9.17) is 9.63 Å². The van der Waals surface area contributed by atoms with Crippen molar-refractivity contribution in [2.24, 2.45) is 5.92 Å². The van der Waals surface area contributed by atoms with E-state index < -0.39 is 0 Å². The van der Waals surface area contributed by atoms with Crippen LogP contribution < -0.4 is 10.6 Å².